The molecule has 0 aromatic carbocycles. The van der Waals surface area contributed by atoms with E-state index in [1.807, 2.05) is 0 Å². The first-order valence-electron chi connectivity index (χ1n) is 5.17. The summed E-state index contributed by atoms with van der Waals surface area (Å²) in [6.45, 7) is 4.46. The third-order valence-corrected chi connectivity index (χ3v) is 4.37. The van der Waals surface area contributed by atoms with E-state index in [0.717, 1.165) is 6.42 Å². The third-order valence-electron chi connectivity index (χ3n) is 4.37. The molecular formula is C11H18O. The highest BCUT2D eigenvalue weighted by Gasteiger charge is 2.49. The number of rotatable bonds is 0. The molecule has 3 atom stereocenters. The summed E-state index contributed by atoms with van der Waals surface area (Å²) in [5.41, 5.74) is 0.370. The maximum Gasteiger partial charge on any atom is 0.136 e. The molecule has 2 aliphatic carbocycles. The second kappa shape index (κ2) is 2.58. The van der Waals surface area contributed by atoms with Crippen molar-refractivity contribution in [2.24, 2.45) is 17.3 Å². The molecular weight excluding hydrogens is 148 g/mol. The van der Waals surface area contributed by atoms with Gasteiger partial charge in [-0.15, -0.1) is 0 Å². The predicted molar refractivity (Wildman–Crippen MR) is 48.9 cm³/mol. The van der Waals surface area contributed by atoms with Crippen molar-refractivity contribution in [2.75, 3.05) is 0 Å². The summed E-state index contributed by atoms with van der Waals surface area (Å²) in [7, 11) is 0. The van der Waals surface area contributed by atoms with E-state index in [1.54, 1.807) is 0 Å². The maximum atomic E-state index is 11.5. The Morgan fingerprint density at radius 2 is 2.17 bits per heavy atom. The van der Waals surface area contributed by atoms with E-state index in [1.165, 1.54) is 25.7 Å². The molecule has 0 unspecified atom stereocenters. The lowest BCUT2D eigenvalue weighted by atomic mass is 9.66. The lowest BCUT2D eigenvalue weighted by Crippen LogP contribution is -2.31. The lowest BCUT2D eigenvalue weighted by molar-refractivity contribution is -0.121. The van der Waals surface area contributed by atoms with E-state index in [-0.39, 0.29) is 0 Å². The smallest absolute Gasteiger partial charge is 0.136 e. The minimum absolute atomic E-state index is 0.336. The Hall–Kier alpha value is -0.330. The van der Waals surface area contributed by atoms with Crippen LogP contribution in [0.1, 0.15) is 46.0 Å². The van der Waals surface area contributed by atoms with Crippen LogP contribution in [-0.2, 0) is 4.79 Å². The van der Waals surface area contributed by atoms with E-state index in [4.69, 9.17) is 0 Å². The van der Waals surface area contributed by atoms with Crippen LogP contribution in [0.25, 0.3) is 0 Å². The molecule has 2 aliphatic rings. The lowest BCUT2D eigenvalue weighted by Gasteiger charge is -2.38. The van der Waals surface area contributed by atoms with Gasteiger partial charge in [0.2, 0.25) is 0 Å². The molecule has 12 heavy (non-hydrogen) atoms. The average molecular weight is 166 g/mol. The van der Waals surface area contributed by atoms with Gasteiger partial charge in [-0.3, -0.25) is 4.79 Å². The number of Topliss-reactive ketones (excluding diaryl/α,β-unsaturated/α-hetero) is 1. The molecule has 0 N–H and O–H groups in total. The van der Waals surface area contributed by atoms with Gasteiger partial charge in [-0.1, -0.05) is 26.7 Å². The highest BCUT2D eigenvalue weighted by molar-refractivity contribution is 5.84. The Bertz CT molecular complexity index is 209. The van der Waals surface area contributed by atoms with Gasteiger partial charge in [-0.2, -0.15) is 0 Å². The van der Waals surface area contributed by atoms with Crippen molar-refractivity contribution in [3.63, 3.8) is 0 Å². The molecule has 0 aromatic heterocycles. The molecule has 0 amide bonds. The Labute approximate surface area is 74.5 Å². The van der Waals surface area contributed by atoms with E-state index in [2.05, 4.69) is 13.8 Å². The van der Waals surface area contributed by atoms with Gasteiger partial charge >= 0.3 is 0 Å². The van der Waals surface area contributed by atoms with Gasteiger partial charge in [0, 0.05) is 12.3 Å². The molecule has 0 saturated heterocycles. The van der Waals surface area contributed by atoms with Gasteiger partial charge in [0.05, 0.1) is 0 Å². The fraction of sp³-hybridized carbons (Fsp3) is 0.909. The first-order chi connectivity index (χ1) is 5.64. The summed E-state index contributed by atoms with van der Waals surface area (Å²) < 4.78 is 0. The molecule has 2 saturated carbocycles. The second-order valence-corrected chi connectivity index (χ2v) is 4.84. The topological polar surface area (TPSA) is 17.1 Å². The molecule has 0 heterocycles. The standard InChI is InChI=1S/C11H18O/c1-8-10(12)7-9-5-3-4-6-11(8,9)2/h8-9H,3-7H2,1-2H3/t8-,9-,11+/m0/s1. The van der Waals surface area contributed by atoms with E-state index >= 15 is 0 Å². The van der Waals surface area contributed by atoms with Crippen molar-refractivity contribution >= 4 is 5.78 Å². The van der Waals surface area contributed by atoms with Crippen molar-refractivity contribution in [3.05, 3.63) is 0 Å². The summed E-state index contributed by atoms with van der Waals surface area (Å²) in [5.74, 6) is 1.57. The summed E-state index contributed by atoms with van der Waals surface area (Å²) in [5, 5.41) is 0. The van der Waals surface area contributed by atoms with Crippen molar-refractivity contribution in [3.8, 4) is 0 Å². The molecule has 1 heteroatoms. The Balaban J connectivity index is 2.25. The first-order valence-corrected chi connectivity index (χ1v) is 5.17. The molecule has 0 radical (unpaired) electrons. The van der Waals surface area contributed by atoms with Crippen LogP contribution in [0.4, 0.5) is 0 Å². The summed E-state index contributed by atoms with van der Waals surface area (Å²) in [6, 6.07) is 0. The molecule has 68 valence electrons. The van der Waals surface area contributed by atoms with E-state index in [0.29, 0.717) is 23.0 Å². The maximum absolute atomic E-state index is 11.5. The predicted octanol–water partition coefficient (Wildman–Crippen LogP) is 2.79. The SMILES string of the molecule is C[C@H]1C(=O)C[C@@H]2CCCC[C@@]21C. The van der Waals surface area contributed by atoms with Crippen LogP contribution in [0.2, 0.25) is 0 Å². The first kappa shape index (κ1) is 8.28. The summed E-state index contributed by atoms with van der Waals surface area (Å²) in [4.78, 5) is 11.5. The van der Waals surface area contributed by atoms with Crippen molar-refractivity contribution in [1.29, 1.82) is 0 Å². The molecule has 0 aliphatic heterocycles. The molecule has 2 rings (SSSR count). The summed E-state index contributed by atoms with van der Waals surface area (Å²) in [6.07, 6.45) is 6.14. The molecule has 0 spiro atoms. The third kappa shape index (κ3) is 0.949. The van der Waals surface area contributed by atoms with Gasteiger partial charge in [0.1, 0.15) is 5.78 Å². The Morgan fingerprint density at radius 1 is 1.42 bits per heavy atom. The van der Waals surface area contributed by atoms with Crippen LogP contribution in [-0.4, -0.2) is 5.78 Å². The van der Waals surface area contributed by atoms with Crippen molar-refractivity contribution < 1.29 is 4.79 Å². The molecule has 2 fully saturated rings. The van der Waals surface area contributed by atoms with Crippen molar-refractivity contribution in [1.82, 2.24) is 0 Å². The van der Waals surface area contributed by atoms with Gasteiger partial charge in [0.25, 0.3) is 0 Å². The molecule has 1 nitrogen and oxygen atoms in total. The normalized spacial score (nSPS) is 47.7. The number of fused-ring (bicyclic) bond motifs is 1. The fourth-order valence-corrected chi connectivity index (χ4v) is 3.12. The van der Waals surface area contributed by atoms with Crippen LogP contribution in [0.3, 0.4) is 0 Å². The molecule has 0 aromatic rings. The summed E-state index contributed by atoms with van der Waals surface area (Å²) >= 11 is 0. The highest BCUT2D eigenvalue weighted by Crippen LogP contribution is 2.53. The Morgan fingerprint density at radius 3 is 2.83 bits per heavy atom. The van der Waals surface area contributed by atoms with Gasteiger partial charge in [-0.05, 0) is 24.2 Å². The number of carbonyl (C=O) groups is 1. The minimum atomic E-state index is 0.336. The number of hydrogen-bond donors (Lipinski definition) is 0. The molecule has 0 bridgehead atoms. The monoisotopic (exact) mass is 166 g/mol. The van der Waals surface area contributed by atoms with Gasteiger partial charge < -0.3 is 0 Å². The highest BCUT2D eigenvalue weighted by atomic mass is 16.1. The van der Waals surface area contributed by atoms with E-state index in [9.17, 15) is 4.79 Å². The van der Waals surface area contributed by atoms with Crippen LogP contribution in [0, 0.1) is 17.3 Å². The number of ketones is 1. The average Bonchev–Trinajstić information content (AvgIpc) is 2.28. The Kier molecular flexibility index (Phi) is 1.78. The number of hydrogen-bond acceptors (Lipinski definition) is 1. The fourth-order valence-electron chi connectivity index (χ4n) is 3.12. The zero-order chi connectivity index (χ0) is 8.77. The zero-order valence-corrected chi connectivity index (χ0v) is 8.10. The van der Waals surface area contributed by atoms with E-state index < -0.39 is 0 Å². The quantitative estimate of drug-likeness (QED) is 0.541. The van der Waals surface area contributed by atoms with Gasteiger partial charge in [0.15, 0.2) is 0 Å². The van der Waals surface area contributed by atoms with Crippen LogP contribution in [0.5, 0.6) is 0 Å². The largest absolute Gasteiger partial charge is 0.299 e. The second-order valence-electron chi connectivity index (χ2n) is 4.84. The van der Waals surface area contributed by atoms with Crippen LogP contribution in [0.15, 0.2) is 0 Å². The van der Waals surface area contributed by atoms with Crippen LogP contribution >= 0.6 is 0 Å². The van der Waals surface area contributed by atoms with Crippen molar-refractivity contribution in [2.45, 2.75) is 46.0 Å². The van der Waals surface area contributed by atoms with Crippen LogP contribution < -0.4 is 0 Å². The van der Waals surface area contributed by atoms with Gasteiger partial charge in [-0.25, -0.2) is 0 Å². The number of carbonyl (C=O) groups excluding carboxylic acids is 1. The zero-order valence-electron chi connectivity index (χ0n) is 8.10. The minimum Gasteiger partial charge on any atom is -0.299 e.